The van der Waals surface area contributed by atoms with Gasteiger partial charge in [0.05, 0.1) is 5.56 Å². The summed E-state index contributed by atoms with van der Waals surface area (Å²) >= 11 is 0. The van der Waals surface area contributed by atoms with Gasteiger partial charge in [0.2, 0.25) is 0 Å². The zero-order valence-corrected chi connectivity index (χ0v) is 11.6. The fourth-order valence-electron chi connectivity index (χ4n) is 1.92. The number of hydrogen-bond donors (Lipinski definition) is 3. The summed E-state index contributed by atoms with van der Waals surface area (Å²) in [5.74, 6) is -1.24. The third-order valence-electron chi connectivity index (χ3n) is 3.17. The van der Waals surface area contributed by atoms with Crippen LogP contribution in [0.4, 0.5) is 5.69 Å². The van der Waals surface area contributed by atoms with Crippen LogP contribution in [0.2, 0.25) is 0 Å². The number of nitrogens with one attached hydrogen (secondary N) is 1. The zero-order valence-electron chi connectivity index (χ0n) is 11.6. The Hall–Kier alpha value is -2.66. The van der Waals surface area contributed by atoms with E-state index in [4.69, 9.17) is 10.8 Å². The van der Waals surface area contributed by atoms with Crippen LogP contribution in [0.5, 0.6) is 0 Å². The van der Waals surface area contributed by atoms with Crippen molar-refractivity contribution < 1.29 is 14.7 Å². The van der Waals surface area contributed by atoms with E-state index in [9.17, 15) is 9.59 Å². The average molecular weight is 284 g/mol. The molecule has 0 unspecified atom stereocenters. The quantitative estimate of drug-likeness (QED) is 0.803. The number of rotatable bonds is 4. The highest BCUT2D eigenvalue weighted by molar-refractivity contribution is 6.04. The van der Waals surface area contributed by atoms with Crippen molar-refractivity contribution in [3.8, 4) is 0 Å². The number of amides is 1. The van der Waals surface area contributed by atoms with Crippen LogP contribution in [0.1, 0.15) is 31.8 Å². The first-order chi connectivity index (χ1) is 10.0. The fraction of sp³-hybridized carbons (Fsp3) is 0.125. The number of carboxylic acids is 1. The van der Waals surface area contributed by atoms with Crippen LogP contribution in [0.3, 0.4) is 0 Å². The van der Waals surface area contributed by atoms with Crippen molar-refractivity contribution in [2.45, 2.75) is 13.5 Å². The van der Waals surface area contributed by atoms with Gasteiger partial charge in [0.1, 0.15) is 0 Å². The maximum atomic E-state index is 12.1. The van der Waals surface area contributed by atoms with Gasteiger partial charge in [-0.25, -0.2) is 4.79 Å². The van der Waals surface area contributed by atoms with E-state index in [0.717, 1.165) is 5.56 Å². The third kappa shape index (κ3) is 3.46. The highest BCUT2D eigenvalue weighted by atomic mass is 16.4. The standard InChI is InChI=1S/C16H16N2O3/c1-10-8-13(16(20)21)6-7-14(10)18-15(19)12-4-2-11(9-17)3-5-12/h2-8H,9,17H2,1H3,(H,18,19)(H,20,21). The van der Waals surface area contributed by atoms with Gasteiger partial charge in [-0.3, -0.25) is 4.79 Å². The summed E-state index contributed by atoms with van der Waals surface area (Å²) in [7, 11) is 0. The van der Waals surface area contributed by atoms with E-state index in [1.807, 2.05) is 0 Å². The lowest BCUT2D eigenvalue weighted by Gasteiger charge is -2.09. The molecule has 108 valence electrons. The molecule has 0 atom stereocenters. The first kappa shape index (κ1) is 14.7. The molecule has 2 aromatic rings. The van der Waals surface area contributed by atoms with Crippen molar-refractivity contribution in [1.82, 2.24) is 0 Å². The summed E-state index contributed by atoms with van der Waals surface area (Å²) in [6, 6.07) is 11.6. The van der Waals surface area contributed by atoms with Crippen LogP contribution >= 0.6 is 0 Å². The number of carbonyl (C=O) groups is 2. The number of carbonyl (C=O) groups excluding carboxylic acids is 1. The van der Waals surface area contributed by atoms with Crippen molar-refractivity contribution >= 4 is 17.6 Å². The molecule has 0 spiro atoms. The number of anilines is 1. The topological polar surface area (TPSA) is 92.4 Å². The summed E-state index contributed by atoms with van der Waals surface area (Å²) in [6.45, 7) is 2.18. The first-order valence-electron chi connectivity index (χ1n) is 6.45. The molecule has 0 aromatic heterocycles. The van der Waals surface area contributed by atoms with Crippen molar-refractivity contribution in [2.24, 2.45) is 5.73 Å². The van der Waals surface area contributed by atoms with Gasteiger partial charge in [-0.2, -0.15) is 0 Å². The molecule has 0 aliphatic rings. The largest absolute Gasteiger partial charge is 0.478 e. The third-order valence-corrected chi connectivity index (χ3v) is 3.17. The van der Waals surface area contributed by atoms with Crippen LogP contribution < -0.4 is 11.1 Å². The minimum absolute atomic E-state index is 0.192. The highest BCUT2D eigenvalue weighted by Crippen LogP contribution is 2.18. The van der Waals surface area contributed by atoms with Crippen LogP contribution in [-0.2, 0) is 6.54 Å². The molecule has 1 amide bonds. The molecule has 5 heteroatoms. The van der Waals surface area contributed by atoms with Gasteiger partial charge < -0.3 is 16.2 Å². The normalized spacial score (nSPS) is 10.2. The number of aryl methyl sites for hydroxylation is 1. The predicted molar refractivity (Wildman–Crippen MR) is 80.4 cm³/mol. The van der Waals surface area contributed by atoms with Crippen LogP contribution in [0, 0.1) is 6.92 Å². The summed E-state index contributed by atoms with van der Waals surface area (Å²) in [5.41, 5.74) is 8.46. The zero-order chi connectivity index (χ0) is 15.4. The Balaban J connectivity index is 2.17. The second-order valence-corrected chi connectivity index (χ2v) is 4.69. The fourth-order valence-corrected chi connectivity index (χ4v) is 1.92. The first-order valence-corrected chi connectivity index (χ1v) is 6.45. The Morgan fingerprint density at radius 1 is 1.10 bits per heavy atom. The van der Waals surface area contributed by atoms with E-state index in [1.165, 1.54) is 12.1 Å². The summed E-state index contributed by atoms with van der Waals surface area (Å²) in [6.07, 6.45) is 0. The van der Waals surface area contributed by atoms with Gasteiger partial charge in [0, 0.05) is 17.8 Å². The summed E-state index contributed by atoms with van der Waals surface area (Å²) in [5, 5.41) is 11.7. The second kappa shape index (κ2) is 6.19. The second-order valence-electron chi connectivity index (χ2n) is 4.69. The SMILES string of the molecule is Cc1cc(C(=O)O)ccc1NC(=O)c1ccc(CN)cc1. The van der Waals surface area contributed by atoms with Crippen LogP contribution in [0.25, 0.3) is 0 Å². The van der Waals surface area contributed by atoms with E-state index in [2.05, 4.69) is 5.32 Å². The molecular formula is C16H16N2O3. The van der Waals surface area contributed by atoms with Gasteiger partial charge >= 0.3 is 5.97 Å². The maximum absolute atomic E-state index is 12.1. The average Bonchev–Trinajstić information content (AvgIpc) is 2.49. The minimum atomic E-state index is -0.992. The molecule has 5 nitrogen and oxygen atoms in total. The number of nitrogens with two attached hydrogens (primary N) is 1. The molecule has 2 rings (SSSR count). The van der Waals surface area contributed by atoms with E-state index in [-0.39, 0.29) is 11.5 Å². The predicted octanol–water partition coefficient (Wildman–Crippen LogP) is 2.40. The molecule has 0 heterocycles. The van der Waals surface area contributed by atoms with Crippen molar-refractivity contribution in [1.29, 1.82) is 0 Å². The lowest BCUT2D eigenvalue weighted by atomic mass is 10.1. The van der Waals surface area contributed by atoms with Crippen LogP contribution in [0.15, 0.2) is 42.5 Å². The monoisotopic (exact) mass is 284 g/mol. The lowest BCUT2D eigenvalue weighted by molar-refractivity contribution is 0.0696. The molecule has 0 fully saturated rings. The molecule has 0 aliphatic heterocycles. The lowest BCUT2D eigenvalue weighted by Crippen LogP contribution is -2.13. The van der Waals surface area contributed by atoms with Gasteiger partial charge in [0.15, 0.2) is 0 Å². The Labute approximate surface area is 122 Å². The Kier molecular flexibility index (Phi) is 4.35. The number of carboxylic acid groups (broad SMARTS) is 1. The number of benzene rings is 2. The van der Waals surface area contributed by atoms with Gasteiger partial charge in [-0.1, -0.05) is 12.1 Å². The van der Waals surface area contributed by atoms with Crippen LogP contribution in [-0.4, -0.2) is 17.0 Å². The molecule has 4 N–H and O–H groups in total. The molecule has 0 saturated heterocycles. The summed E-state index contributed by atoms with van der Waals surface area (Å²) < 4.78 is 0. The Bertz CT molecular complexity index is 678. The summed E-state index contributed by atoms with van der Waals surface area (Å²) in [4.78, 5) is 23.0. The van der Waals surface area contributed by atoms with Crippen molar-refractivity contribution in [2.75, 3.05) is 5.32 Å². The molecule has 2 aromatic carbocycles. The smallest absolute Gasteiger partial charge is 0.335 e. The van der Waals surface area contributed by atoms with E-state index in [0.29, 0.717) is 23.4 Å². The molecule has 0 saturated carbocycles. The Morgan fingerprint density at radius 2 is 1.71 bits per heavy atom. The van der Waals surface area contributed by atoms with Crippen molar-refractivity contribution in [3.05, 3.63) is 64.7 Å². The number of aromatic carboxylic acids is 1. The Morgan fingerprint density at radius 3 is 2.24 bits per heavy atom. The van der Waals surface area contributed by atoms with E-state index in [1.54, 1.807) is 37.3 Å². The van der Waals surface area contributed by atoms with E-state index >= 15 is 0 Å². The highest BCUT2D eigenvalue weighted by Gasteiger charge is 2.10. The maximum Gasteiger partial charge on any atom is 0.335 e. The molecule has 0 aliphatic carbocycles. The number of hydrogen-bond acceptors (Lipinski definition) is 3. The molecule has 21 heavy (non-hydrogen) atoms. The van der Waals surface area contributed by atoms with Gasteiger partial charge in [-0.05, 0) is 48.4 Å². The molecule has 0 bridgehead atoms. The molecule has 0 radical (unpaired) electrons. The van der Waals surface area contributed by atoms with E-state index < -0.39 is 5.97 Å². The van der Waals surface area contributed by atoms with Gasteiger partial charge in [0.25, 0.3) is 5.91 Å². The van der Waals surface area contributed by atoms with Gasteiger partial charge in [-0.15, -0.1) is 0 Å². The van der Waals surface area contributed by atoms with Crippen molar-refractivity contribution in [3.63, 3.8) is 0 Å². The molecular weight excluding hydrogens is 268 g/mol. The minimum Gasteiger partial charge on any atom is -0.478 e.